The van der Waals surface area contributed by atoms with E-state index in [-0.39, 0.29) is 12.6 Å². The summed E-state index contributed by atoms with van der Waals surface area (Å²) < 4.78 is 15.3. The fraction of sp³-hybridized carbons (Fsp3) is 0.222. The highest BCUT2D eigenvalue weighted by atomic mass is 16.5. The lowest BCUT2D eigenvalue weighted by atomic mass is 10.1. The van der Waals surface area contributed by atoms with Crippen molar-refractivity contribution in [3.05, 3.63) is 65.2 Å². The third-order valence-corrected chi connectivity index (χ3v) is 3.10. The van der Waals surface area contributed by atoms with Crippen LogP contribution in [0.3, 0.4) is 0 Å². The SMILES string of the molecule is CCOC(=O)c1cccc(OCc2cccc(C(=O)OC)c2)c1. The van der Waals surface area contributed by atoms with Crippen LogP contribution in [-0.4, -0.2) is 25.7 Å². The Bertz CT molecular complexity index is 693. The maximum atomic E-state index is 11.7. The molecule has 0 atom stereocenters. The van der Waals surface area contributed by atoms with E-state index in [1.807, 2.05) is 6.07 Å². The van der Waals surface area contributed by atoms with Gasteiger partial charge in [0.2, 0.25) is 0 Å². The topological polar surface area (TPSA) is 61.8 Å². The van der Waals surface area contributed by atoms with E-state index in [1.165, 1.54) is 7.11 Å². The van der Waals surface area contributed by atoms with Crippen LogP contribution in [0.15, 0.2) is 48.5 Å². The molecule has 120 valence electrons. The van der Waals surface area contributed by atoms with Crippen LogP contribution in [-0.2, 0) is 16.1 Å². The second-order valence-corrected chi connectivity index (χ2v) is 4.73. The lowest BCUT2D eigenvalue weighted by molar-refractivity contribution is 0.0524. The first-order valence-electron chi connectivity index (χ1n) is 7.21. The van der Waals surface area contributed by atoms with E-state index in [1.54, 1.807) is 49.4 Å². The summed E-state index contributed by atoms with van der Waals surface area (Å²) in [6.45, 7) is 2.36. The standard InChI is InChI=1S/C18H18O5/c1-3-22-18(20)15-8-5-9-16(11-15)23-12-13-6-4-7-14(10-13)17(19)21-2/h4-11H,3,12H2,1-2H3. The van der Waals surface area contributed by atoms with Gasteiger partial charge in [-0.25, -0.2) is 9.59 Å². The quantitative estimate of drug-likeness (QED) is 0.766. The Morgan fingerprint density at radius 1 is 0.957 bits per heavy atom. The Morgan fingerprint density at radius 2 is 1.65 bits per heavy atom. The van der Waals surface area contributed by atoms with E-state index in [9.17, 15) is 9.59 Å². The molecular weight excluding hydrogens is 296 g/mol. The molecule has 0 aliphatic carbocycles. The van der Waals surface area contributed by atoms with E-state index in [0.717, 1.165) is 5.56 Å². The molecule has 2 aromatic carbocycles. The zero-order valence-electron chi connectivity index (χ0n) is 13.1. The van der Waals surface area contributed by atoms with E-state index in [0.29, 0.717) is 23.5 Å². The fourth-order valence-electron chi connectivity index (χ4n) is 2.00. The van der Waals surface area contributed by atoms with Gasteiger partial charge < -0.3 is 14.2 Å². The molecule has 0 saturated heterocycles. The summed E-state index contributed by atoms with van der Waals surface area (Å²) >= 11 is 0. The van der Waals surface area contributed by atoms with Gasteiger partial charge in [-0.15, -0.1) is 0 Å². The average Bonchev–Trinajstić information content (AvgIpc) is 2.60. The van der Waals surface area contributed by atoms with Gasteiger partial charge >= 0.3 is 11.9 Å². The molecule has 23 heavy (non-hydrogen) atoms. The van der Waals surface area contributed by atoms with Gasteiger partial charge in [0.15, 0.2) is 0 Å². The highest BCUT2D eigenvalue weighted by Crippen LogP contribution is 2.16. The molecule has 0 amide bonds. The number of esters is 2. The molecule has 0 unspecified atom stereocenters. The molecule has 0 aromatic heterocycles. The summed E-state index contributed by atoms with van der Waals surface area (Å²) in [5, 5.41) is 0. The minimum Gasteiger partial charge on any atom is -0.489 e. The molecular formula is C18H18O5. The Morgan fingerprint density at radius 3 is 2.35 bits per heavy atom. The van der Waals surface area contributed by atoms with Crippen LogP contribution in [0.1, 0.15) is 33.2 Å². The number of carbonyl (C=O) groups is 2. The number of hydrogen-bond acceptors (Lipinski definition) is 5. The second-order valence-electron chi connectivity index (χ2n) is 4.73. The van der Waals surface area contributed by atoms with Gasteiger partial charge in [-0.2, -0.15) is 0 Å². The van der Waals surface area contributed by atoms with Crippen LogP contribution in [0.5, 0.6) is 5.75 Å². The van der Waals surface area contributed by atoms with Gasteiger partial charge in [-0.05, 0) is 42.8 Å². The fourth-order valence-corrected chi connectivity index (χ4v) is 2.00. The molecule has 0 spiro atoms. The summed E-state index contributed by atoms with van der Waals surface area (Å²) in [4.78, 5) is 23.2. The number of hydrogen-bond donors (Lipinski definition) is 0. The number of carbonyl (C=O) groups excluding carboxylic acids is 2. The molecule has 0 aliphatic rings. The predicted octanol–water partition coefficient (Wildman–Crippen LogP) is 3.23. The van der Waals surface area contributed by atoms with E-state index < -0.39 is 5.97 Å². The number of rotatable bonds is 6. The van der Waals surface area contributed by atoms with Gasteiger partial charge in [-0.3, -0.25) is 0 Å². The van der Waals surface area contributed by atoms with Gasteiger partial charge in [0.1, 0.15) is 12.4 Å². The number of benzene rings is 2. The molecule has 0 aliphatic heterocycles. The third kappa shape index (κ3) is 4.57. The smallest absolute Gasteiger partial charge is 0.338 e. The Balaban J connectivity index is 2.05. The van der Waals surface area contributed by atoms with Crippen LogP contribution < -0.4 is 4.74 Å². The lowest BCUT2D eigenvalue weighted by Crippen LogP contribution is -2.05. The van der Waals surface area contributed by atoms with Crippen molar-refractivity contribution in [2.24, 2.45) is 0 Å². The van der Waals surface area contributed by atoms with Gasteiger partial charge in [-0.1, -0.05) is 18.2 Å². The monoisotopic (exact) mass is 314 g/mol. The van der Waals surface area contributed by atoms with Gasteiger partial charge in [0.05, 0.1) is 24.8 Å². The predicted molar refractivity (Wildman–Crippen MR) is 84.5 cm³/mol. The normalized spacial score (nSPS) is 10.0. The molecule has 2 aromatic rings. The van der Waals surface area contributed by atoms with Crippen LogP contribution in [0.2, 0.25) is 0 Å². The largest absolute Gasteiger partial charge is 0.489 e. The van der Waals surface area contributed by atoms with E-state index >= 15 is 0 Å². The maximum absolute atomic E-state index is 11.7. The van der Waals surface area contributed by atoms with Crippen molar-refractivity contribution in [2.45, 2.75) is 13.5 Å². The van der Waals surface area contributed by atoms with E-state index in [2.05, 4.69) is 4.74 Å². The minimum atomic E-state index is -0.392. The van der Waals surface area contributed by atoms with Crippen molar-refractivity contribution in [3.63, 3.8) is 0 Å². The summed E-state index contributed by atoms with van der Waals surface area (Å²) in [6, 6.07) is 13.8. The van der Waals surface area contributed by atoms with Crippen molar-refractivity contribution in [1.82, 2.24) is 0 Å². The van der Waals surface area contributed by atoms with Crippen LogP contribution in [0.4, 0.5) is 0 Å². The maximum Gasteiger partial charge on any atom is 0.338 e. The van der Waals surface area contributed by atoms with Gasteiger partial charge in [0, 0.05) is 0 Å². The summed E-state index contributed by atoms with van der Waals surface area (Å²) in [5.41, 5.74) is 1.73. The van der Waals surface area contributed by atoms with Crippen molar-refractivity contribution in [1.29, 1.82) is 0 Å². The summed E-state index contributed by atoms with van der Waals surface area (Å²) in [5.74, 6) is -0.221. The first kappa shape index (κ1) is 16.5. The molecule has 0 radical (unpaired) electrons. The van der Waals surface area contributed by atoms with Crippen LogP contribution in [0, 0.1) is 0 Å². The Kier molecular flexibility index (Phi) is 5.74. The highest BCUT2D eigenvalue weighted by Gasteiger charge is 2.08. The molecule has 2 rings (SSSR count). The van der Waals surface area contributed by atoms with Crippen molar-refractivity contribution >= 4 is 11.9 Å². The molecule has 0 saturated carbocycles. The first-order valence-corrected chi connectivity index (χ1v) is 7.21. The third-order valence-electron chi connectivity index (χ3n) is 3.10. The molecule has 5 heteroatoms. The Hall–Kier alpha value is -2.82. The molecule has 5 nitrogen and oxygen atoms in total. The van der Waals surface area contributed by atoms with Crippen molar-refractivity contribution in [3.8, 4) is 5.75 Å². The summed E-state index contributed by atoms with van der Waals surface area (Å²) in [6.07, 6.45) is 0. The van der Waals surface area contributed by atoms with Crippen LogP contribution in [0.25, 0.3) is 0 Å². The lowest BCUT2D eigenvalue weighted by Gasteiger charge is -2.09. The number of ether oxygens (including phenoxy) is 3. The second kappa shape index (κ2) is 7.98. The Labute approximate surface area is 134 Å². The molecule has 0 fully saturated rings. The zero-order valence-corrected chi connectivity index (χ0v) is 13.1. The molecule has 0 N–H and O–H groups in total. The molecule has 0 heterocycles. The zero-order chi connectivity index (χ0) is 16.7. The van der Waals surface area contributed by atoms with Crippen molar-refractivity contribution in [2.75, 3.05) is 13.7 Å². The number of methoxy groups -OCH3 is 1. The minimum absolute atomic E-state index is 0.275. The van der Waals surface area contributed by atoms with Gasteiger partial charge in [0.25, 0.3) is 0 Å². The summed E-state index contributed by atoms with van der Waals surface area (Å²) in [7, 11) is 1.34. The van der Waals surface area contributed by atoms with E-state index in [4.69, 9.17) is 9.47 Å². The van der Waals surface area contributed by atoms with Crippen molar-refractivity contribution < 1.29 is 23.8 Å². The average molecular weight is 314 g/mol. The first-order chi connectivity index (χ1) is 11.1. The van der Waals surface area contributed by atoms with Crippen LogP contribution >= 0.6 is 0 Å². The molecule has 0 bridgehead atoms. The highest BCUT2D eigenvalue weighted by molar-refractivity contribution is 5.90.